The van der Waals surface area contributed by atoms with Crippen molar-refractivity contribution in [3.8, 4) is 5.75 Å². The first-order valence-electron chi connectivity index (χ1n) is 6.64. The molecule has 5 heteroatoms. The summed E-state index contributed by atoms with van der Waals surface area (Å²) in [5.74, 6) is 0.781. The Balaban J connectivity index is 2.54. The van der Waals surface area contributed by atoms with E-state index >= 15 is 0 Å². The molecule has 108 valence electrons. The van der Waals surface area contributed by atoms with Crippen LogP contribution >= 0.6 is 11.6 Å². The monoisotopic (exact) mass is 293 g/mol. The van der Waals surface area contributed by atoms with Crippen LogP contribution in [0.15, 0.2) is 24.4 Å². The highest BCUT2D eigenvalue weighted by atomic mass is 35.5. The molecule has 2 aromatic rings. The first-order valence-corrected chi connectivity index (χ1v) is 7.02. The Morgan fingerprint density at radius 2 is 2.15 bits per heavy atom. The first kappa shape index (κ1) is 14.9. The molecular weight excluding hydrogens is 274 g/mol. The largest absolute Gasteiger partial charge is 0.493 e. The van der Waals surface area contributed by atoms with Gasteiger partial charge in [-0.05, 0) is 44.2 Å². The number of nitrogens with one attached hydrogen (secondary N) is 1. The van der Waals surface area contributed by atoms with Crippen molar-refractivity contribution in [2.75, 3.05) is 14.2 Å². The Morgan fingerprint density at radius 1 is 1.40 bits per heavy atom. The molecule has 1 N–H and O–H groups in total. The van der Waals surface area contributed by atoms with Crippen molar-refractivity contribution >= 4 is 11.6 Å². The third-order valence-electron chi connectivity index (χ3n) is 3.32. The maximum absolute atomic E-state index is 6.18. The fourth-order valence-electron chi connectivity index (χ4n) is 2.47. The quantitative estimate of drug-likeness (QED) is 0.920. The van der Waals surface area contributed by atoms with Gasteiger partial charge in [-0.1, -0.05) is 17.7 Å². The molecule has 0 aliphatic rings. The van der Waals surface area contributed by atoms with E-state index in [4.69, 9.17) is 16.3 Å². The Labute approximate surface area is 124 Å². The predicted octanol–water partition coefficient (Wildman–Crippen LogP) is 3.18. The lowest BCUT2D eigenvalue weighted by atomic mass is 10.0. The molecule has 0 fully saturated rings. The molecule has 1 atom stereocenters. The topological polar surface area (TPSA) is 39.1 Å². The van der Waals surface area contributed by atoms with E-state index in [1.807, 2.05) is 30.8 Å². The number of hydrogen-bond acceptors (Lipinski definition) is 3. The highest BCUT2D eigenvalue weighted by molar-refractivity contribution is 6.30. The molecule has 0 radical (unpaired) electrons. The van der Waals surface area contributed by atoms with Gasteiger partial charge in [0, 0.05) is 11.6 Å². The van der Waals surface area contributed by atoms with Gasteiger partial charge in [-0.15, -0.1) is 0 Å². The molecule has 1 unspecified atom stereocenters. The third kappa shape index (κ3) is 2.81. The lowest BCUT2D eigenvalue weighted by Gasteiger charge is -2.20. The summed E-state index contributed by atoms with van der Waals surface area (Å²) >= 11 is 6.18. The highest BCUT2D eigenvalue weighted by Crippen LogP contribution is 2.31. The average Bonchev–Trinajstić information content (AvgIpc) is 2.81. The third-order valence-corrected chi connectivity index (χ3v) is 3.54. The van der Waals surface area contributed by atoms with E-state index in [0.29, 0.717) is 0 Å². The van der Waals surface area contributed by atoms with Crippen LogP contribution in [0.5, 0.6) is 5.75 Å². The van der Waals surface area contributed by atoms with Gasteiger partial charge in [-0.3, -0.25) is 4.68 Å². The smallest absolute Gasteiger partial charge is 0.161 e. The van der Waals surface area contributed by atoms with Gasteiger partial charge in [-0.25, -0.2) is 0 Å². The van der Waals surface area contributed by atoms with E-state index in [9.17, 15) is 0 Å². The van der Waals surface area contributed by atoms with Crippen LogP contribution in [0.4, 0.5) is 0 Å². The summed E-state index contributed by atoms with van der Waals surface area (Å²) in [5, 5.41) is 8.43. The zero-order chi connectivity index (χ0) is 14.7. The van der Waals surface area contributed by atoms with Crippen LogP contribution in [0.2, 0.25) is 5.02 Å². The minimum Gasteiger partial charge on any atom is -0.493 e. The van der Waals surface area contributed by atoms with Crippen molar-refractivity contribution < 1.29 is 4.74 Å². The Kier molecular flexibility index (Phi) is 4.68. The molecule has 0 saturated carbocycles. The number of halogens is 1. The van der Waals surface area contributed by atoms with E-state index in [0.717, 1.165) is 34.1 Å². The summed E-state index contributed by atoms with van der Waals surface area (Å²) in [6.07, 6.45) is 1.75. The molecule has 1 aromatic carbocycles. The van der Waals surface area contributed by atoms with Crippen LogP contribution in [0.3, 0.4) is 0 Å². The van der Waals surface area contributed by atoms with Gasteiger partial charge in [-0.2, -0.15) is 5.10 Å². The van der Waals surface area contributed by atoms with Crippen LogP contribution in [-0.2, 0) is 6.54 Å². The van der Waals surface area contributed by atoms with Crippen molar-refractivity contribution in [2.24, 2.45) is 0 Å². The van der Waals surface area contributed by atoms with Gasteiger partial charge >= 0.3 is 0 Å². The summed E-state index contributed by atoms with van der Waals surface area (Å²) in [5.41, 5.74) is 3.25. The molecule has 0 bridgehead atoms. The number of methoxy groups -OCH3 is 1. The molecule has 1 aromatic heterocycles. The van der Waals surface area contributed by atoms with Gasteiger partial charge in [0.2, 0.25) is 0 Å². The number of ether oxygens (including phenoxy) is 1. The SMILES string of the molecule is CCn1ncc(OC)c1C(NC)c1cc(C)cc(Cl)c1. The number of nitrogens with zero attached hydrogens (tertiary/aromatic N) is 2. The van der Waals surface area contributed by atoms with E-state index in [2.05, 4.69) is 23.4 Å². The standard InChI is InChI=1S/C15H20ClN3O/c1-5-19-15(13(20-4)9-18-19)14(17-3)11-6-10(2)7-12(16)8-11/h6-9,14,17H,5H2,1-4H3. The van der Waals surface area contributed by atoms with E-state index in [1.54, 1.807) is 13.3 Å². The normalized spacial score (nSPS) is 12.4. The second-order valence-electron chi connectivity index (χ2n) is 4.70. The summed E-state index contributed by atoms with van der Waals surface area (Å²) in [7, 11) is 3.59. The second kappa shape index (κ2) is 6.29. The highest BCUT2D eigenvalue weighted by Gasteiger charge is 2.22. The van der Waals surface area contributed by atoms with Gasteiger partial charge in [0.1, 0.15) is 5.69 Å². The zero-order valence-electron chi connectivity index (χ0n) is 12.3. The Morgan fingerprint density at radius 3 is 2.70 bits per heavy atom. The van der Waals surface area contributed by atoms with Crippen molar-refractivity contribution in [1.29, 1.82) is 0 Å². The van der Waals surface area contributed by atoms with Crippen molar-refractivity contribution in [1.82, 2.24) is 15.1 Å². The van der Waals surface area contributed by atoms with Crippen LogP contribution in [0.1, 0.15) is 29.8 Å². The molecule has 4 nitrogen and oxygen atoms in total. The number of aryl methyl sites for hydroxylation is 2. The summed E-state index contributed by atoms with van der Waals surface area (Å²) < 4.78 is 7.38. The molecule has 2 rings (SSSR count). The molecule has 1 heterocycles. The fourth-order valence-corrected chi connectivity index (χ4v) is 2.77. The van der Waals surface area contributed by atoms with E-state index < -0.39 is 0 Å². The lowest BCUT2D eigenvalue weighted by Crippen LogP contribution is -2.22. The fraction of sp³-hybridized carbons (Fsp3) is 0.400. The predicted molar refractivity (Wildman–Crippen MR) is 81.5 cm³/mol. The maximum Gasteiger partial charge on any atom is 0.161 e. The molecular formula is C15H20ClN3O. The Bertz CT molecular complexity index is 553. The van der Waals surface area contributed by atoms with Crippen LogP contribution in [0, 0.1) is 6.92 Å². The van der Waals surface area contributed by atoms with Crippen LogP contribution in [0.25, 0.3) is 0 Å². The number of hydrogen-bond donors (Lipinski definition) is 1. The number of benzene rings is 1. The van der Waals surface area contributed by atoms with Gasteiger partial charge in [0.25, 0.3) is 0 Å². The van der Waals surface area contributed by atoms with Crippen LogP contribution < -0.4 is 10.1 Å². The molecule has 20 heavy (non-hydrogen) atoms. The van der Waals surface area contributed by atoms with Gasteiger partial charge < -0.3 is 10.1 Å². The van der Waals surface area contributed by atoms with Crippen molar-refractivity contribution in [3.05, 3.63) is 46.2 Å². The average molecular weight is 294 g/mol. The first-order chi connectivity index (χ1) is 9.60. The molecule has 0 spiro atoms. The maximum atomic E-state index is 6.18. The molecule has 0 aliphatic heterocycles. The zero-order valence-corrected chi connectivity index (χ0v) is 13.0. The van der Waals surface area contributed by atoms with Crippen molar-refractivity contribution in [3.63, 3.8) is 0 Å². The van der Waals surface area contributed by atoms with Crippen LogP contribution in [-0.4, -0.2) is 23.9 Å². The number of rotatable bonds is 5. The minimum absolute atomic E-state index is 0.00944. The summed E-state index contributed by atoms with van der Waals surface area (Å²) in [6, 6.07) is 6.04. The lowest BCUT2D eigenvalue weighted by molar-refractivity contribution is 0.401. The van der Waals surface area contributed by atoms with Gasteiger partial charge in [0.15, 0.2) is 5.75 Å². The second-order valence-corrected chi connectivity index (χ2v) is 5.13. The summed E-state index contributed by atoms with van der Waals surface area (Å²) in [4.78, 5) is 0. The van der Waals surface area contributed by atoms with Crippen molar-refractivity contribution in [2.45, 2.75) is 26.4 Å². The van der Waals surface area contributed by atoms with E-state index in [1.165, 1.54) is 0 Å². The Hall–Kier alpha value is -1.52. The molecule has 0 aliphatic carbocycles. The minimum atomic E-state index is -0.00944. The molecule has 0 saturated heterocycles. The summed E-state index contributed by atoms with van der Waals surface area (Å²) in [6.45, 7) is 4.89. The number of aromatic nitrogens is 2. The van der Waals surface area contributed by atoms with Gasteiger partial charge in [0.05, 0.1) is 19.3 Å². The molecule has 0 amide bonds. The van der Waals surface area contributed by atoms with E-state index in [-0.39, 0.29) is 6.04 Å².